The van der Waals surface area contributed by atoms with Crippen LogP contribution in [-0.2, 0) is 4.74 Å². The zero-order valence-electron chi connectivity index (χ0n) is 15.1. The van der Waals surface area contributed by atoms with E-state index in [1.807, 2.05) is 24.3 Å². The van der Waals surface area contributed by atoms with Crippen LogP contribution in [0.5, 0.6) is 5.75 Å². The Hall–Kier alpha value is -1.96. The van der Waals surface area contributed by atoms with Crippen LogP contribution in [-0.4, -0.2) is 37.6 Å². The third-order valence-corrected chi connectivity index (χ3v) is 5.24. The predicted molar refractivity (Wildman–Crippen MR) is 115 cm³/mol. The van der Waals surface area contributed by atoms with E-state index in [1.54, 1.807) is 37.1 Å². The van der Waals surface area contributed by atoms with Gasteiger partial charge in [-0.2, -0.15) is 0 Å². The molecule has 8 heteroatoms. The molecule has 0 aliphatic rings. The van der Waals surface area contributed by atoms with E-state index in [2.05, 4.69) is 10.6 Å². The molecule has 0 atom stereocenters. The number of anilines is 1. The van der Waals surface area contributed by atoms with Crippen molar-refractivity contribution < 1.29 is 14.3 Å². The molecule has 0 aliphatic heterocycles. The van der Waals surface area contributed by atoms with Crippen molar-refractivity contribution in [3.63, 3.8) is 0 Å². The number of hydrogen-bond donors (Lipinski definition) is 2. The molecular weight excluding hydrogens is 404 g/mol. The highest BCUT2D eigenvalue weighted by Crippen LogP contribution is 2.24. The first-order valence-corrected chi connectivity index (χ1v) is 10.00. The summed E-state index contributed by atoms with van der Waals surface area (Å²) in [6.07, 6.45) is 0.939. The van der Waals surface area contributed by atoms with Crippen LogP contribution >= 0.6 is 35.6 Å². The highest BCUT2D eigenvalue weighted by molar-refractivity contribution is 7.99. The molecular formula is C19H21ClN2O3S2. The molecule has 0 saturated heterocycles. The fraction of sp³-hybridized carbons (Fsp3) is 0.263. The number of thiocarbonyl (C=S) groups is 1. The molecule has 0 saturated carbocycles. The van der Waals surface area contributed by atoms with Gasteiger partial charge in [-0.15, -0.1) is 11.8 Å². The topological polar surface area (TPSA) is 59.6 Å². The summed E-state index contributed by atoms with van der Waals surface area (Å²) in [4.78, 5) is 12.8. The van der Waals surface area contributed by atoms with Crippen molar-refractivity contribution in [1.29, 1.82) is 0 Å². The summed E-state index contributed by atoms with van der Waals surface area (Å²) in [6.45, 7) is 0.725. The van der Waals surface area contributed by atoms with Crippen LogP contribution in [0.3, 0.4) is 0 Å². The summed E-state index contributed by atoms with van der Waals surface area (Å²) in [5.41, 5.74) is 0.966. The molecule has 144 valence electrons. The van der Waals surface area contributed by atoms with E-state index in [4.69, 9.17) is 33.3 Å². The molecule has 0 radical (unpaired) electrons. The highest BCUT2D eigenvalue weighted by atomic mass is 35.5. The summed E-state index contributed by atoms with van der Waals surface area (Å²) < 4.78 is 9.86. The van der Waals surface area contributed by atoms with Gasteiger partial charge in [0.25, 0.3) is 0 Å². The Morgan fingerprint density at radius 2 is 1.93 bits per heavy atom. The van der Waals surface area contributed by atoms with E-state index in [0.29, 0.717) is 21.4 Å². The first kappa shape index (κ1) is 21.3. The predicted octanol–water partition coefficient (Wildman–Crippen LogP) is 4.60. The summed E-state index contributed by atoms with van der Waals surface area (Å²) in [6, 6.07) is 12.8. The van der Waals surface area contributed by atoms with E-state index in [9.17, 15) is 4.79 Å². The van der Waals surface area contributed by atoms with E-state index < -0.39 is 5.97 Å². The Balaban J connectivity index is 1.73. The number of nitrogens with one attached hydrogen (secondary N) is 2. The van der Waals surface area contributed by atoms with Crippen molar-refractivity contribution in [3.8, 4) is 5.75 Å². The van der Waals surface area contributed by atoms with Crippen LogP contribution < -0.4 is 15.4 Å². The Bertz CT molecular complexity index is 785. The Kier molecular flexibility index (Phi) is 8.71. The van der Waals surface area contributed by atoms with Crippen LogP contribution in [0, 0.1) is 0 Å². The lowest BCUT2D eigenvalue weighted by Crippen LogP contribution is -2.29. The number of thioether (sulfide) groups is 1. The second-order valence-electron chi connectivity index (χ2n) is 5.44. The molecule has 0 bridgehead atoms. The van der Waals surface area contributed by atoms with Crippen LogP contribution in [0.1, 0.15) is 16.8 Å². The highest BCUT2D eigenvalue weighted by Gasteiger charge is 2.09. The smallest absolute Gasteiger partial charge is 0.337 e. The lowest BCUT2D eigenvalue weighted by molar-refractivity contribution is 0.0601. The monoisotopic (exact) mass is 424 g/mol. The van der Waals surface area contributed by atoms with Crippen molar-refractivity contribution in [3.05, 3.63) is 53.1 Å². The number of hydrogen-bond acceptors (Lipinski definition) is 5. The number of carbonyl (C=O) groups excluding carboxylic acids is 1. The average Bonchev–Trinajstić information content (AvgIpc) is 2.69. The van der Waals surface area contributed by atoms with Gasteiger partial charge in [0.15, 0.2) is 5.11 Å². The lowest BCUT2D eigenvalue weighted by Gasteiger charge is -2.12. The summed E-state index contributed by atoms with van der Waals surface area (Å²) in [5.74, 6) is 1.39. The zero-order valence-corrected chi connectivity index (χ0v) is 17.5. The van der Waals surface area contributed by atoms with Crippen LogP contribution in [0.25, 0.3) is 0 Å². The van der Waals surface area contributed by atoms with E-state index in [1.165, 1.54) is 12.0 Å². The first-order chi connectivity index (χ1) is 13.0. The third kappa shape index (κ3) is 6.93. The number of methoxy groups -OCH3 is 2. The number of halogens is 1. The SMILES string of the molecule is COC(=O)c1ccc(Cl)c(NC(=S)NCCCSc2ccc(OC)cc2)c1. The number of ether oxygens (including phenoxy) is 2. The summed E-state index contributed by atoms with van der Waals surface area (Å²) in [7, 11) is 2.99. The van der Waals surface area contributed by atoms with Gasteiger partial charge >= 0.3 is 5.97 Å². The lowest BCUT2D eigenvalue weighted by atomic mass is 10.2. The molecule has 0 aliphatic carbocycles. The van der Waals surface area contributed by atoms with Crippen molar-refractivity contribution in [2.24, 2.45) is 0 Å². The van der Waals surface area contributed by atoms with Gasteiger partial charge in [0, 0.05) is 11.4 Å². The molecule has 2 aromatic rings. The van der Waals surface area contributed by atoms with Crippen molar-refractivity contribution >= 4 is 52.3 Å². The van der Waals surface area contributed by atoms with Crippen LogP contribution in [0.15, 0.2) is 47.4 Å². The van der Waals surface area contributed by atoms with Crippen molar-refractivity contribution in [2.45, 2.75) is 11.3 Å². The van der Waals surface area contributed by atoms with Crippen LogP contribution in [0.4, 0.5) is 5.69 Å². The molecule has 0 amide bonds. The second kappa shape index (κ2) is 11.0. The van der Waals surface area contributed by atoms with Gasteiger partial charge in [-0.25, -0.2) is 4.79 Å². The van der Waals surface area contributed by atoms with Crippen LogP contribution in [0.2, 0.25) is 5.02 Å². The largest absolute Gasteiger partial charge is 0.497 e. The number of carbonyl (C=O) groups is 1. The van der Waals surface area contributed by atoms with Gasteiger partial charge in [0.1, 0.15) is 5.75 Å². The minimum absolute atomic E-state index is 0.406. The molecule has 2 aromatic carbocycles. The normalized spacial score (nSPS) is 10.2. The van der Waals surface area contributed by atoms with Crippen molar-refractivity contribution in [1.82, 2.24) is 5.32 Å². The molecule has 0 heterocycles. The maximum absolute atomic E-state index is 11.6. The number of benzene rings is 2. The molecule has 0 aromatic heterocycles. The minimum atomic E-state index is -0.427. The van der Waals surface area contributed by atoms with E-state index >= 15 is 0 Å². The molecule has 5 nitrogen and oxygen atoms in total. The fourth-order valence-corrected chi connectivity index (χ4v) is 3.40. The second-order valence-corrected chi connectivity index (χ2v) is 7.43. The maximum Gasteiger partial charge on any atom is 0.337 e. The molecule has 0 fully saturated rings. The fourth-order valence-electron chi connectivity index (χ4n) is 2.17. The standard InChI is InChI=1S/C19H21ClN2O3S2/c1-24-14-5-7-15(8-6-14)27-11-3-10-21-19(26)22-17-12-13(18(23)25-2)4-9-16(17)20/h4-9,12H,3,10-11H2,1-2H3,(H2,21,22,26). The van der Waals surface area contributed by atoms with Gasteiger partial charge in [-0.1, -0.05) is 11.6 Å². The molecule has 2 N–H and O–H groups in total. The van der Waals surface area contributed by atoms with Gasteiger partial charge in [0.2, 0.25) is 0 Å². The quantitative estimate of drug-likeness (QED) is 0.278. The molecule has 0 unspecified atom stereocenters. The summed E-state index contributed by atoms with van der Waals surface area (Å²) >= 11 is 13.2. The number of esters is 1. The van der Waals surface area contributed by atoms with Gasteiger partial charge < -0.3 is 20.1 Å². The summed E-state index contributed by atoms with van der Waals surface area (Å²) in [5, 5.41) is 7.07. The van der Waals surface area contributed by atoms with E-state index in [0.717, 1.165) is 24.5 Å². The molecule has 2 rings (SSSR count). The zero-order chi connectivity index (χ0) is 19.6. The first-order valence-electron chi connectivity index (χ1n) is 8.23. The van der Waals surface area contributed by atoms with Gasteiger partial charge in [-0.05, 0) is 66.9 Å². The van der Waals surface area contributed by atoms with E-state index in [-0.39, 0.29) is 0 Å². The Morgan fingerprint density at radius 1 is 1.19 bits per heavy atom. The van der Waals surface area contributed by atoms with Gasteiger partial charge in [0.05, 0.1) is 30.5 Å². The average molecular weight is 425 g/mol. The third-order valence-electron chi connectivity index (χ3n) is 3.57. The Morgan fingerprint density at radius 3 is 2.59 bits per heavy atom. The maximum atomic E-state index is 11.6. The van der Waals surface area contributed by atoms with Gasteiger partial charge in [-0.3, -0.25) is 0 Å². The number of rotatable bonds is 8. The van der Waals surface area contributed by atoms with Crippen molar-refractivity contribution in [2.75, 3.05) is 31.8 Å². The molecule has 0 spiro atoms. The molecule has 27 heavy (non-hydrogen) atoms. The Labute approximate surface area is 173 Å². The minimum Gasteiger partial charge on any atom is -0.497 e.